The first kappa shape index (κ1) is 15.5. The third-order valence-electron chi connectivity index (χ3n) is 3.05. The van der Waals surface area contributed by atoms with Crippen LogP contribution in [0, 0.1) is 6.92 Å². The van der Waals surface area contributed by atoms with Crippen molar-refractivity contribution in [2.45, 2.75) is 46.3 Å². The summed E-state index contributed by atoms with van der Waals surface area (Å²) >= 11 is 0. The molecule has 0 amide bonds. The standard InChI is InChI=1S/C15H23NO3/c1-9(2)13-7-12(8-19-15(17)11(4)16)10(3)6-14(13)18-5/h6-7,9,11H,8,16H2,1-5H3. The summed E-state index contributed by atoms with van der Waals surface area (Å²) < 4.78 is 10.6. The molecule has 0 heterocycles. The van der Waals surface area contributed by atoms with Gasteiger partial charge in [-0.15, -0.1) is 0 Å². The number of hydrogen-bond acceptors (Lipinski definition) is 4. The quantitative estimate of drug-likeness (QED) is 0.831. The van der Waals surface area contributed by atoms with Crippen molar-refractivity contribution in [3.05, 3.63) is 28.8 Å². The van der Waals surface area contributed by atoms with Crippen LogP contribution in [0.25, 0.3) is 0 Å². The Morgan fingerprint density at radius 1 is 1.32 bits per heavy atom. The topological polar surface area (TPSA) is 61.5 Å². The second kappa shape index (κ2) is 6.57. The van der Waals surface area contributed by atoms with Gasteiger partial charge >= 0.3 is 5.97 Å². The molecule has 1 atom stereocenters. The molecule has 0 aliphatic rings. The first-order valence-electron chi connectivity index (χ1n) is 6.46. The zero-order valence-corrected chi connectivity index (χ0v) is 12.3. The molecule has 0 radical (unpaired) electrons. The summed E-state index contributed by atoms with van der Waals surface area (Å²) in [6, 6.07) is 3.42. The Morgan fingerprint density at radius 3 is 2.42 bits per heavy atom. The minimum absolute atomic E-state index is 0.246. The Labute approximate surface area is 114 Å². The Bertz CT molecular complexity index is 453. The summed E-state index contributed by atoms with van der Waals surface area (Å²) in [5, 5.41) is 0. The molecule has 0 aromatic heterocycles. The molecule has 1 unspecified atom stereocenters. The highest BCUT2D eigenvalue weighted by molar-refractivity contribution is 5.74. The third-order valence-corrected chi connectivity index (χ3v) is 3.05. The van der Waals surface area contributed by atoms with Gasteiger partial charge in [0.15, 0.2) is 0 Å². The van der Waals surface area contributed by atoms with E-state index in [1.165, 1.54) is 0 Å². The fourth-order valence-electron chi connectivity index (χ4n) is 1.81. The number of methoxy groups -OCH3 is 1. The van der Waals surface area contributed by atoms with E-state index in [2.05, 4.69) is 13.8 Å². The second-order valence-corrected chi connectivity index (χ2v) is 5.07. The van der Waals surface area contributed by atoms with Crippen molar-refractivity contribution in [2.24, 2.45) is 5.73 Å². The minimum Gasteiger partial charge on any atom is -0.496 e. The number of carbonyl (C=O) groups is 1. The fraction of sp³-hybridized carbons (Fsp3) is 0.533. The van der Waals surface area contributed by atoms with Crippen LogP contribution in [0.1, 0.15) is 43.4 Å². The number of rotatable bonds is 5. The van der Waals surface area contributed by atoms with E-state index in [1.54, 1.807) is 14.0 Å². The van der Waals surface area contributed by atoms with Crippen molar-refractivity contribution in [1.82, 2.24) is 0 Å². The van der Waals surface area contributed by atoms with Crippen LogP contribution >= 0.6 is 0 Å². The first-order chi connectivity index (χ1) is 8.86. The van der Waals surface area contributed by atoms with Gasteiger partial charge in [0.2, 0.25) is 0 Å². The molecule has 0 saturated carbocycles. The van der Waals surface area contributed by atoms with Gasteiger partial charge in [0, 0.05) is 0 Å². The van der Waals surface area contributed by atoms with Crippen LogP contribution in [0.3, 0.4) is 0 Å². The van der Waals surface area contributed by atoms with Gasteiger partial charge in [-0.3, -0.25) is 4.79 Å². The lowest BCUT2D eigenvalue weighted by Crippen LogP contribution is -2.28. The molecule has 0 fully saturated rings. The molecule has 4 nitrogen and oxygen atoms in total. The summed E-state index contributed by atoms with van der Waals surface area (Å²) in [5.41, 5.74) is 8.60. The monoisotopic (exact) mass is 265 g/mol. The van der Waals surface area contributed by atoms with Crippen molar-refractivity contribution >= 4 is 5.97 Å². The van der Waals surface area contributed by atoms with Gasteiger partial charge in [-0.1, -0.05) is 13.8 Å². The molecule has 1 aromatic carbocycles. The van der Waals surface area contributed by atoms with Gasteiger partial charge < -0.3 is 15.2 Å². The smallest absolute Gasteiger partial charge is 0.322 e. The summed E-state index contributed by atoms with van der Waals surface area (Å²) in [6.07, 6.45) is 0. The van der Waals surface area contributed by atoms with Crippen molar-refractivity contribution in [3.63, 3.8) is 0 Å². The van der Waals surface area contributed by atoms with Gasteiger partial charge in [0.1, 0.15) is 18.4 Å². The number of nitrogens with two attached hydrogens (primary N) is 1. The van der Waals surface area contributed by atoms with Crippen molar-refractivity contribution in [2.75, 3.05) is 7.11 Å². The van der Waals surface area contributed by atoms with Crippen LogP contribution in [0.15, 0.2) is 12.1 Å². The van der Waals surface area contributed by atoms with Crippen molar-refractivity contribution in [1.29, 1.82) is 0 Å². The number of esters is 1. The third kappa shape index (κ3) is 3.96. The zero-order chi connectivity index (χ0) is 14.6. The summed E-state index contributed by atoms with van der Waals surface area (Å²) in [7, 11) is 1.66. The van der Waals surface area contributed by atoms with E-state index >= 15 is 0 Å². The van der Waals surface area contributed by atoms with E-state index in [4.69, 9.17) is 15.2 Å². The maximum absolute atomic E-state index is 11.4. The molecule has 0 spiro atoms. The van der Waals surface area contributed by atoms with E-state index < -0.39 is 6.04 Å². The van der Waals surface area contributed by atoms with Gasteiger partial charge in [-0.25, -0.2) is 0 Å². The minimum atomic E-state index is -0.594. The summed E-state index contributed by atoms with van der Waals surface area (Å²) in [5.74, 6) is 0.828. The van der Waals surface area contributed by atoms with Crippen LogP contribution in [-0.4, -0.2) is 19.1 Å². The molecule has 0 saturated heterocycles. The highest BCUT2D eigenvalue weighted by atomic mass is 16.5. The summed E-state index contributed by atoms with van der Waals surface area (Å²) in [6.45, 7) is 8.04. The molecule has 0 aliphatic carbocycles. The molecule has 2 N–H and O–H groups in total. The van der Waals surface area contributed by atoms with Crippen LogP contribution < -0.4 is 10.5 Å². The Morgan fingerprint density at radius 2 is 1.95 bits per heavy atom. The highest BCUT2D eigenvalue weighted by Gasteiger charge is 2.14. The maximum Gasteiger partial charge on any atom is 0.322 e. The lowest BCUT2D eigenvalue weighted by Gasteiger charge is -2.16. The number of aryl methyl sites for hydroxylation is 1. The van der Waals surface area contributed by atoms with Crippen LogP contribution in [-0.2, 0) is 16.1 Å². The maximum atomic E-state index is 11.4. The van der Waals surface area contributed by atoms with E-state index in [9.17, 15) is 4.79 Å². The Hall–Kier alpha value is -1.55. The van der Waals surface area contributed by atoms with E-state index in [1.807, 2.05) is 19.1 Å². The number of benzene rings is 1. The lowest BCUT2D eigenvalue weighted by molar-refractivity contribution is -0.146. The van der Waals surface area contributed by atoms with E-state index in [-0.39, 0.29) is 12.6 Å². The molecular weight excluding hydrogens is 242 g/mol. The lowest BCUT2D eigenvalue weighted by atomic mass is 9.97. The van der Waals surface area contributed by atoms with Crippen molar-refractivity contribution < 1.29 is 14.3 Å². The molecule has 19 heavy (non-hydrogen) atoms. The first-order valence-corrected chi connectivity index (χ1v) is 6.46. The highest BCUT2D eigenvalue weighted by Crippen LogP contribution is 2.29. The van der Waals surface area contributed by atoms with E-state index in [0.717, 1.165) is 22.4 Å². The molecule has 1 rings (SSSR count). The van der Waals surface area contributed by atoms with Crippen LogP contribution in [0.2, 0.25) is 0 Å². The molecule has 0 bridgehead atoms. The van der Waals surface area contributed by atoms with Crippen molar-refractivity contribution in [3.8, 4) is 5.75 Å². The van der Waals surface area contributed by atoms with Gasteiger partial charge in [0.25, 0.3) is 0 Å². The van der Waals surface area contributed by atoms with Gasteiger partial charge in [0.05, 0.1) is 7.11 Å². The SMILES string of the molecule is COc1cc(C)c(COC(=O)C(C)N)cc1C(C)C. The normalized spacial score (nSPS) is 12.4. The fourth-order valence-corrected chi connectivity index (χ4v) is 1.81. The average Bonchev–Trinajstić information content (AvgIpc) is 2.35. The summed E-state index contributed by atoms with van der Waals surface area (Å²) in [4.78, 5) is 11.4. The predicted octanol–water partition coefficient (Wildman–Crippen LogP) is 2.52. The van der Waals surface area contributed by atoms with E-state index in [0.29, 0.717) is 5.92 Å². The Balaban J connectivity index is 2.95. The van der Waals surface area contributed by atoms with Gasteiger partial charge in [-0.05, 0) is 48.6 Å². The molecule has 1 aromatic rings. The van der Waals surface area contributed by atoms with Crippen LogP contribution in [0.5, 0.6) is 5.75 Å². The number of ether oxygens (including phenoxy) is 2. The number of carbonyl (C=O) groups excluding carboxylic acids is 1. The molecule has 4 heteroatoms. The molecule has 106 valence electrons. The zero-order valence-electron chi connectivity index (χ0n) is 12.3. The molecule has 0 aliphatic heterocycles. The predicted molar refractivity (Wildman–Crippen MR) is 75.3 cm³/mol. The second-order valence-electron chi connectivity index (χ2n) is 5.07. The molecular formula is C15H23NO3. The van der Waals surface area contributed by atoms with Crippen LogP contribution in [0.4, 0.5) is 0 Å². The largest absolute Gasteiger partial charge is 0.496 e. The van der Waals surface area contributed by atoms with Gasteiger partial charge in [-0.2, -0.15) is 0 Å². The average molecular weight is 265 g/mol. The number of hydrogen-bond donors (Lipinski definition) is 1. The Kier molecular flexibility index (Phi) is 5.36.